The summed E-state index contributed by atoms with van der Waals surface area (Å²) >= 11 is 0. The van der Waals surface area contributed by atoms with Gasteiger partial charge in [0.25, 0.3) is 12.4 Å². The highest BCUT2D eigenvalue weighted by molar-refractivity contribution is 6.38. The lowest BCUT2D eigenvalue weighted by Gasteiger charge is -2.54. The molecule has 0 saturated heterocycles. The summed E-state index contributed by atoms with van der Waals surface area (Å²) in [6.07, 6.45) is 3.18. The average molecular weight is 571 g/mol. The highest BCUT2D eigenvalue weighted by Gasteiger charge is 2.68. The third kappa shape index (κ3) is 3.92. The molecule has 0 bridgehead atoms. The second-order valence-corrected chi connectivity index (χ2v) is 13.9. The van der Waals surface area contributed by atoms with Gasteiger partial charge in [-0.1, -0.05) is 49.4 Å². The minimum Gasteiger partial charge on any atom is -0.510 e. The van der Waals surface area contributed by atoms with Crippen molar-refractivity contribution < 1.29 is 44.3 Å². The molecule has 0 aromatic heterocycles. The van der Waals surface area contributed by atoms with Crippen LogP contribution in [0.3, 0.4) is 0 Å². The molecule has 5 rings (SSSR count). The third-order valence-corrected chi connectivity index (χ3v) is 11.9. The lowest BCUT2D eigenvalue weighted by molar-refractivity contribution is -0.173. The molecule has 1 fully saturated rings. The Morgan fingerprint density at radius 2 is 1.88 bits per heavy atom. The number of nitrogens with zero attached hydrogens (tertiary/aromatic N) is 1. The smallest absolute Gasteiger partial charge is 0.293 e. The lowest BCUT2D eigenvalue weighted by Crippen LogP contribution is -2.69. The summed E-state index contributed by atoms with van der Waals surface area (Å²) in [4.78, 5) is 53.2. The molecule has 4 aliphatic rings. The fraction of sp³-hybridized carbons (Fsp3) is 0.500. The van der Waals surface area contributed by atoms with Crippen molar-refractivity contribution in [2.45, 2.75) is 60.9 Å². The highest BCUT2D eigenvalue weighted by Crippen LogP contribution is 2.57. The second-order valence-electron chi connectivity index (χ2n) is 11.5. The van der Waals surface area contributed by atoms with E-state index in [1.54, 1.807) is 12.1 Å². The maximum absolute atomic E-state index is 14.0. The minimum atomic E-state index is -2.92. The first kappa shape index (κ1) is 28.1. The van der Waals surface area contributed by atoms with Crippen molar-refractivity contribution in [2.24, 2.45) is 17.6 Å². The molecule has 1 saturated carbocycles. The number of aliphatic hydroxyl groups is 3. The fourth-order valence-electron chi connectivity index (χ4n) is 7.66. The fourth-order valence-corrected chi connectivity index (χ4v) is 10.3. The number of Topliss-reactive ketones (excluding diaryl/α,β-unsaturated/α-hetero) is 2. The number of fused-ring (bicyclic) bond motifs is 3. The third-order valence-electron chi connectivity index (χ3n) is 9.34. The second kappa shape index (κ2) is 10.2. The van der Waals surface area contributed by atoms with E-state index in [2.05, 4.69) is 0 Å². The van der Waals surface area contributed by atoms with Crippen molar-refractivity contribution in [1.82, 2.24) is 4.90 Å². The molecule has 11 nitrogen and oxygen atoms in total. The molecule has 6 atom stereocenters. The zero-order valence-electron chi connectivity index (χ0n) is 22.4. The van der Waals surface area contributed by atoms with E-state index >= 15 is 0 Å². The van der Waals surface area contributed by atoms with E-state index in [9.17, 15) is 39.6 Å². The predicted octanol–water partition coefficient (Wildman–Crippen LogP) is 0.763. The molecule has 6 N–H and O–H groups in total. The predicted molar refractivity (Wildman–Crippen MR) is 145 cm³/mol. The standard InChI is InChI=1S/C28H34N2O9Si/c1-30(2)21-20-24(39-11-31)17-14(10-40-12-6-3-4-7-12)13-8-5-9-15(32)16(13)22(33)18(17)25(35)28(20,38)26(36)19(23(21)34)27(29)37/h5,8-9,11-12,14,17,20-21,24,32,34-35,38H,3-4,6-7,10,40H2,1-2H3,(H2,29,37)/t14-,17+,20+,21-,24-,28-/m0/s1. The molecule has 1 aromatic carbocycles. The zero-order valence-corrected chi connectivity index (χ0v) is 23.8. The van der Waals surface area contributed by atoms with Gasteiger partial charge in [0, 0.05) is 21.0 Å². The number of benzene rings is 1. The Kier molecular flexibility index (Phi) is 7.13. The topological polar surface area (TPSA) is 188 Å². The first-order valence-electron chi connectivity index (χ1n) is 13.5. The van der Waals surface area contributed by atoms with Gasteiger partial charge in [-0.05, 0) is 31.6 Å². The lowest BCUT2D eigenvalue weighted by atomic mass is 9.55. The summed E-state index contributed by atoms with van der Waals surface area (Å²) in [5.41, 5.74) is 2.31. The summed E-state index contributed by atoms with van der Waals surface area (Å²) in [5, 5.41) is 45.5. The SMILES string of the molecule is CN(C)[C@@H]1C(O)=C(C(N)=O)C(=O)[C@@]2(O)C(O)=C3C(=O)c4c(O)cccc4[C@H](C[SiH2]C4CCCC4)[C@H]3[C@H](OC=O)[C@@H]12. The van der Waals surface area contributed by atoms with E-state index in [0.29, 0.717) is 17.1 Å². The van der Waals surface area contributed by atoms with E-state index in [1.165, 1.54) is 25.1 Å². The van der Waals surface area contributed by atoms with Crippen LogP contribution >= 0.6 is 0 Å². The number of hydrogen-bond donors (Lipinski definition) is 5. The molecule has 214 valence electrons. The van der Waals surface area contributed by atoms with E-state index in [4.69, 9.17) is 10.5 Å². The van der Waals surface area contributed by atoms with Gasteiger partial charge >= 0.3 is 0 Å². The number of ether oxygens (including phenoxy) is 1. The van der Waals surface area contributed by atoms with Gasteiger partial charge in [-0.25, -0.2) is 0 Å². The van der Waals surface area contributed by atoms with Crippen molar-refractivity contribution >= 4 is 33.5 Å². The number of hydrogen-bond acceptors (Lipinski definition) is 10. The Balaban J connectivity index is 1.78. The van der Waals surface area contributed by atoms with E-state index < -0.39 is 79.6 Å². The molecule has 4 aliphatic carbocycles. The Morgan fingerprint density at radius 1 is 1.20 bits per heavy atom. The van der Waals surface area contributed by atoms with Crippen LogP contribution < -0.4 is 5.73 Å². The number of ketones is 2. The minimum absolute atomic E-state index is 0.0430. The first-order valence-corrected chi connectivity index (χ1v) is 15.3. The number of aliphatic hydroxyl groups excluding tert-OH is 2. The maximum atomic E-state index is 14.0. The van der Waals surface area contributed by atoms with Crippen molar-refractivity contribution in [2.75, 3.05) is 14.1 Å². The van der Waals surface area contributed by atoms with Crippen molar-refractivity contribution in [1.29, 1.82) is 0 Å². The number of primary amides is 1. The molecule has 0 heterocycles. The van der Waals surface area contributed by atoms with Crippen molar-refractivity contribution in [3.05, 3.63) is 52.0 Å². The molecule has 0 aliphatic heterocycles. The monoisotopic (exact) mass is 570 g/mol. The van der Waals surface area contributed by atoms with Crippen molar-refractivity contribution in [3.8, 4) is 5.75 Å². The molecule has 0 unspecified atom stereocenters. The summed E-state index contributed by atoms with van der Waals surface area (Å²) in [7, 11) is 2.30. The zero-order chi connectivity index (χ0) is 29.1. The highest BCUT2D eigenvalue weighted by atomic mass is 28.2. The Bertz CT molecular complexity index is 1350. The van der Waals surface area contributed by atoms with Crippen LogP contribution in [0.2, 0.25) is 11.6 Å². The molecular formula is C28H34N2O9Si. The van der Waals surface area contributed by atoms with Gasteiger partial charge in [-0.2, -0.15) is 0 Å². The van der Waals surface area contributed by atoms with Crippen LogP contribution in [0.4, 0.5) is 0 Å². The number of likely N-dealkylation sites (N-methyl/N-ethyl adjacent to an activating group) is 1. The van der Waals surface area contributed by atoms with E-state index in [1.807, 2.05) is 0 Å². The van der Waals surface area contributed by atoms with Gasteiger partial charge in [0.05, 0.1) is 17.5 Å². The van der Waals surface area contributed by atoms with Gasteiger partial charge in [0.1, 0.15) is 28.9 Å². The van der Waals surface area contributed by atoms with Crippen molar-refractivity contribution in [3.63, 3.8) is 0 Å². The van der Waals surface area contributed by atoms with Gasteiger partial charge in [-0.3, -0.25) is 24.1 Å². The van der Waals surface area contributed by atoms with Gasteiger partial charge in [0.2, 0.25) is 5.78 Å². The van der Waals surface area contributed by atoms with E-state index in [-0.39, 0.29) is 23.4 Å². The summed E-state index contributed by atoms with van der Waals surface area (Å²) in [5.74, 6) is -8.50. The number of aromatic hydroxyl groups is 1. The Labute approximate surface area is 233 Å². The quantitative estimate of drug-likeness (QED) is 0.178. The molecule has 0 spiro atoms. The number of phenols is 1. The Morgan fingerprint density at radius 3 is 2.48 bits per heavy atom. The molecule has 40 heavy (non-hydrogen) atoms. The number of nitrogens with two attached hydrogens (primary N) is 1. The molecule has 0 radical (unpaired) electrons. The first-order chi connectivity index (χ1) is 19.0. The van der Waals surface area contributed by atoms with Gasteiger partial charge in [-0.15, -0.1) is 0 Å². The van der Waals surface area contributed by atoms with E-state index in [0.717, 1.165) is 25.7 Å². The number of carbonyl (C=O) groups is 4. The summed E-state index contributed by atoms with van der Waals surface area (Å²) in [6, 6.07) is 4.06. The van der Waals surface area contributed by atoms with Crippen LogP contribution in [0, 0.1) is 11.8 Å². The molecular weight excluding hydrogens is 536 g/mol. The number of carbonyl (C=O) groups excluding carboxylic acids is 4. The number of phenolic OH excluding ortho intramolecular Hbond substituents is 1. The maximum Gasteiger partial charge on any atom is 0.293 e. The van der Waals surface area contributed by atoms with Crippen LogP contribution in [0.25, 0.3) is 0 Å². The number of amides is 1. The van der Waals surface area contributed by atoms with Crippen LogP contribution in [0.1, 0.15) is 47.5 Å². The normalized spacial score (nSPS) is 32.5. The molecule has 1 aromatic rings. The summed E-state index contributed by atoms with van der Waals surface area (Å²) in [6.45, 7) is 0.153. The van der Waals surface area contributed by atoms with Gasteiger partial charge < -0.3 is 30.9 Å². The molecule has 12 heteroatoms. The molecule has 1 amide bonds. The van der Waals surface area contributed by atoms with Crippen LogP contribution in [-0.4, -0.2) is 90.6 Å². The average Bonchev–Trinajstić information content (AvgIpc) is 3.41. The van der Waals surface area contributed by atoms with Crippen LogP contribution in [-0.2, 0) is 19.1 Å². The van der Waals surface area contributed by atoms with Crippen LogP contribution in [0.15, 0.2) is 40.9 Å². The number of rotatable bonds is 7. The Hall–Kier alpha value is -3.48. The van der Waals surface area contributed by atoms with Gasteiger partial charge in [0.15, 0.2) is 11.4 Å². The largest absolute Gasteiger partial charge is 0.510 e. The van der Waals surface area contributed by atoms with Crippen LogP contribution in [0.5, 0.6) is 5.75 Å². The summed E-state index contributed by atoms with van der Waals surface area (Å²) < 4.78 is 5.59.